The molecule has 0 saturated heterocycles. The second kappa shape index (κ2) is 13.5. The van der Waals surface area contributed by atoms with Gasteiger partial charge in [-0.3, -0.25) is 0 Å². The van der Waals surface area contributed by atoms with E-state index in [1.807, 2.05) is 49.5 Å². The van der Waals surface area contributed by atoms with Gasteiger partial charge >= 0.3 is 0 Å². The summed E-state index contributed by atoms with van der Waals surface area (Å²) in [6, 6.07) is 54.5. The van der Waals surface area contributed by atoms with Gasteiger partial charge in [0.05, 0.1) is 34.4 Å². The smallest absolute Gasteiger partial charge is 0.0995 e. The van der Waals surface area contributed by atoms with Crippen LogP contribution in [-0.4, -0.2) is 23.4 Å². The van der Waals surface area contributed by atoms with Gasteiger partial charge in [-0.15, -0.1) is 0 Å². The summed E-state index contributed by atoms with van der Waals surface area (Å²) in [4.78, 5) is 0. The van der Waals surface area contributed by atoms with E-state index in [1.54, 1.807) is 0 Å². The van der Waals surface area contributed by atoms with Crippen LogP contribution >= 0.6 is 0 Å². The van der Waals surface area contributed by atoms with Crippen LogP contribution in [0.4, 0.5) is 5.69 Å². The number of hydrogen-bond acceptors (Lipinski definition) is 4. The Kier molecular flexibility index (Phi) is 8.26. The maximum Gasteiger partial charge on any atom is 0.0995 e. The van der Waals surface area contributed by atoms with Crippen LogP contribution in [0.25, 0.3) is 38.6 Å². The third-order valence-electron chi connectivity index (χ3n) is 9.37. The zero-order valence-corrected chi connectivity index (χ0v) is 27.7. The minimum Gasteiger partial charge on any atom is -0.388 e. The zero-order chi connectivity index (χ0) is 33.9. The summed E-state index contributed by atoms with van der Waals surface area (Å²) < 4.78 is 2.35. The SMILES string of the molecule is CNc1ccccc1/C(=N\NC1C=C(c2ccc3c(c2)c2ccccc2n3-c2ccccc2)C=C(c2ccccc2)C1)c1cccc(C#N)c1. The number of benzene rings is 6. The molecular weight excluding hydrogens is 611 g/mol. The third-order valence-corrected chi connectivity index (χ3v) is 9.37. The lowest BCUT2D eigenvalue weighted by Gasteiger charge is -2.23. The minimum absolute atomic E-state index is 0.0811. The van der Waals surface area contributed by atoms with Gasteiger partial charge in [0.25, 0.3) is 0 Å². The summed E-state index contributed by atoms with van der Waals surface area (Å²) in [5.74, 6) is 0. The standard InChI is InChI=1S/C45H35N5/c1-47-42-21-10-8-20-40(42)45(34-16-12-13-31(25-34)30-46)49-48-37-27-35(32-14-4-2-5-15-32)26-36(28-37)33-23-24-44-41(29-33)39-19-9-11-22-43(39)50(44)38-17-6-3-7-18-38/h2-26,28-29,37,47-48H,27H2,1H3/b49-45-. The Morgan fingerprint density at radius 1 is 0.720 bits per heavy atom. The molecule has 1 heterocycles. The molecule has 5 nitrogen and oxygen atoms in total. The summed E-state index contributed by atoms with van der Waals surface area (Å²) in [7, 11) is 1.91. The molecule has 5 heteroatoms. The summed E-state index contributed by atoms with van der Waals surface area (Å²) in [6.45, 7) is 0. The Hall–Kier alpha value is -6.64. The van der Waals surface area contributed by atoms with Crippen molar-refractivity contribution in [2.24, 2.45) is 5.10 Å². The highest BCUT2D eigenvalue weighted by molar-refractivity contribution is 6.16. The van der Waals surface area contributed by atoms with Crippen molar-refractivity contribution in [3.8, 4) is 11.8 Å². The number of rotatable bonds is 8. The van der Waals surface area contributed by atoms with Crippen LogP contribution in [0.2, 0.25) is 0 Å². The molecule has 240 valence electrons. The summed E-state index contributed by atoms with van der Waals surface area (Å²) >= 11 is 0. The van der Waals surface area contributed by atoms with Crippen molar-refractivity contribution in [1.29, 1.82) is 5.26 Å². The quantitative estimate of drug-likeness (QED) is 0.128. The van der Waals surface area contributed by atoms with Crippen molar-refractivity contribution in [2.45, 2.75) is 12.5 Å². The second-order valence-electron chi connectivity index (χ2n) is 12.5. The van der Waals surface area contributed by atoms with Gasteiger partial charge < -0.3 is 15.3 Å². The molecule has 0 saturated carbocycles. The van der Waals surface area contributed by atoms with E-state index >= 15 is 0 Å². The number of anilines is 1. The Labute approximate surface area is 292 Å². The molecule has 1 atom stereocenters. The lowest BCUT2D eigenvalue weighted by molar-refractivity contribution is 0.634. The fraction of sp³-hybridized carbons (Fsp3) is 0.0667. The highest BCUT2D eigenvalue weighted by atomic mass is 15.3. The van der Waals surface area contributed by atoms with E-state index in [0.29, 0.717) is 5.56 Å². The van der Waals surface area contributed by atoms with E-state index in [0.717, 1.165) is 45.8 Å². The maximum atomic E-state index is 9.67. The van der Waals surface area contributed by atoms with Crippen LogP contribution in [0.15, 0.2) is 169 Å². The van der Waals surface area contributed by atoms with Crippen LogP contribution in [0.5, 0.6) is 0 Å². The molecule has 0 radical (unpaired) electrons. The Morgan fingerprint density at radius 2 is 1.46 bits per heavy atom. The number of hydrazone groups is 1. The molecule has 0 fully saturated rings. The summed E-state index contributed by atoms with van der Waals surface area (Å²) in [5, 5.41) is 20.5. The zero-order valence-electron chi connectivity index (χ0n) is 27.7. The van der Waals surface area contributed by atoms with Crippen LogP contribution in [-0.2, 0) is 0 Å². The molecule has 6 aromatic carbocycles. The number of nitrogens with one attached hydrogen (secondary N) is 2. The first kappa shape index (κ1) is 30.7. The van der Waals surface area contributed by atoms with Gasteiger partial charge in [-0.05, 0) is 77.2 Å². The number of para-hydroxylation sites is 3. The Balaban J connectivity index is 1.24. The molecule has 8 rings (SSSR count). The van der Waals surface area contributed by atoms with Crippen LogP contribution in [0.1, 0.15) is 34.2 Å². The van der Waals surface area contributed by atoms with Crippen molar-refractivity contribution in [1.82, 2.24) is 9.99 Å². The largest absolute Gasteiger partial charge is 0.388 e. The monoisotopic (exact) mass is 645 g/mol. The second-order valence-corrected chi connectivity index (χ2v) is 12.5. The summed E-state index contributed by atoms with van der Waals surface area (Å²) in [5.41, 5.74) is 16.0. The first-order valence-electron chi connectivity index (χ1n) is 16.9. The van der Waals surface area contributed by atoms with Gasteiger partial charge in [-0.1, -0.05) is 115 Å². The maximum absolute atomic E-state index is 9.67. The van der Waals surface area contributed by atoms with Crippen molar-refractivity contribution in [2.75, 3.05) is 12.4 Å². The fourth-order valence-corrected chi connectivity index (χ4v) is 7.00. The third kappa shape index (κ3) is 5.85. The molecule has 1 aliphatic carbocycles. The number of fused-ring (bicyclic) bond motifs is 3. The Morgan fingerprint density at radius 3 is 2.28 bits per heavy atom. The van der Waals surface area contributed by atoms with Crippen molar-refractivity contribution in [3.63, 3.8) is 0 Å². The highest BCUT2D eigenvalue weighted by Gasteiger charge is 2.20. The number of nitrogens with zero attached hydrogens (tertiary/aromatic N) is 3. The predicted molar refractivity (Wildman–Crippen MR) is 208 cm³/mol. The molecule has 1 aromatic heterocycles. The fourth-order valence-electron chi connectivity index (χ4n) is 7.00. The molecular formula is C45H35N5. The van der Waals surface area contributed by atoms with E-state index in [4.69, 9.17) is 5.10 Å². The van der Waals surface area contributed by atoms with Gasteiger partial charge in [0.15, 0.2) is 0 Å². The molecule has 0 aliphatic heterocycles. The minimum atomic E-state index is -0.0811. The van der Waals surface area contributed by atoms with Crippen LogP contribution in [0, 0.1) is 11.3 Å². The summed E-state index contributed by atoms with van der Waals surface area (Å²) in [6.07, 6.45) is 5.38. The normalized spacial score (nSPS) is 14.6. The molecule has 0 bridgehead atoms. The lowest BCUT2D eigenvalue weighted by atomic mass is 9.88. The van der Waals surface area contributed by atoms with E-state index in [9.17, 15) is 5.26 Å². The van der Waals surface area contributed by atoms with Crippen molar-refractivity contribution in [3.05, 3.63) is 192 Å². The van der Waals surface area contributed by atoms with E-state index in [-0.39, 0.29) is 6.04 Å². The highest BCUT2D eigenvalue weighted by Crippen LogP contribution is 2.37. The molecule has 0 amide bonds. The topological polar surface area (TPSA) is 65.1 Å². The van der Waals surface area contributed by atoms with E-state index in [2.05, 4.69) is 143 Å². The van der Waals surface area contributed by atoms with Gasteiger partial charge in [-0.25, -0.2) is 0 Å². The molecule has 50 heavy (non-hydrogen) atoms. The molecule has 2 N–H and O–H groups in total. The van der Waals surface area contributed by atoms with Gasteiger partial charge in [0.1, 0.15) is 0 Å². The lowest BCUT2D eigenvalue weighted by Crippen LogP contribution is -2.26. The van der Waals surface area contributed by atoms with Crippen LogP contribution < -0.4 is 10.7 Å². The molecule has 1 unspecified atom stereocenters. The van der Waals surface area contributed by atoms with E-state index in [1.165, 1.54) is 32.9 Å². The first-order valence-corrected chi connectivity index (χ1v) is 16.9. The first-order chi connectivity index (χ1) is 24.7. The molecule has 1 aliphatic rings. The van der Waals surface area contributed by atoms with Gasteiger partial charge in [0.2, 0.25) is 0 Å². The number of hydrogen-bond donors (Lipinski definition) is 2. The van der Waals surface area contributed by atoms with Crippen molar-refractivity contribution >= 4 is 44.4 Å². The van der Waals surface area contributed by atoms with Crippen molar-refractivity contribution < 1.29 is 0 Å². The average Bonchev–Trinajstić information content (AvgIpc) is 3.52. The van der Waals surface area contributed by atoms with Crippen LogP contribution in [0.3, 0.4) is 0 Å². The number of aromatic nitrogens is 1. The van der Waals surface area contributed by atoms with E-state index < -0.39 is 0 Å². The number of allylic oxidation sites excluding steroid dienone is 2. The predicted octanol–water partition coefficient (Wildman–Crippen LogP) is 9.98. The van der Waals surface area contributed by atoms with Gasteiger partial charge in [0, 0.05) is 40.3 Å². The van der Waals surface area contributed by atoms with Gasteiger partial charge in [-0.2, -0.15) is 10.4 Å². The average molecular weight is 646 g/mol. The molecule has 7 aromatic rings. The number of nitriles is 1. The molecule has 0 spiro atoms. The Bertz CT molecular complexity index is 2480.